The van der Waals surface area contributed by atoms with Crippen LogP contribution < -0.4 is 5.56 Å². The van der Waals surface area contributed by atoms with E-state index in [2.05, 4.69) is 31.1 Å². The first-order valence-electron chi connectivity index (χ1n) is 8.71. The van der Waals surface area contributed by atoms with Crippen LogP contribution in [0.5, 0.6) is 0 Å². The zero-order valence-electron chi connectivity index (χ0n) is 14.8. The number of fused-ring (bicyclic) bond motifs is 2. The lowest BCUT2D eigenvalue weighted by atomic mass is 10.1. The van der Waals surface area contributed by atoms with Gasteiger partial charge in [0.1, 0.15) is 11.3 Å². The number of nitrogens with one attached hydrogen (secondary N) is 1. The monoisotopic (exact) mass is 435 g/mol. The van der Waals surface area contributed by atoms with E-state index in [9.17, 15) is 4.79 Å². The number of halogens is 1. The predicted octanol–water partition coefficient (Wildman–Crippen LogP) is 4.99. The maximum Gasteiger partial charge on any atom is 0.259 e. The Balaban J connectivity index is 1.54. The molecule has 28 heavy (non-hydrogen) atoms. The van der Waals surface area contributed by atoms with Gasteiger partial charge in [0, 0.05) is 26.3 Å². The van der Waals surface area contributed by atoms with Gasteiger partial charge in [-0.05, 0) is 37.3 Å². The number of benzene rings is 2. The van der Waals surface area contributed by atoms with E-state index in [1.807, 2.05) is 49.4 Å². The fraction of sp³-hybridized carbons (Fsp3) is 0.0952. The van der Waals surface area contributed by atoms with Gasteiger partial charge >= 0.3 is 0 Å². The van der Waals surface area contributed by atoms with Gasteiger partial charge in [0.05, 0.1) is 12.0 Å². The van der Waals surface area contributed by atoms with Gasteiger partial charge in [-0.3, -0.25) is 4.79 Å². The molecule has 0 amide bonds. The fourth-order valence-electron chi connectivity index (χ4n) is 3.37. The van der Waals surface area contributed by atoms with Crippen molar-refractivity contribution in [1.29, 1.82) is 0 Å². The molecule has 3 aromatic heterocycles. The molecule has 0 aliphatic heterocycles. The van der Waals surface area contributed by atoms with Crippen LogP contribution in [0.25, 0.3) is 33.3 Å². The molecule has 0 spiro atoms. The molecule has 0 atom stereocenters. The Morgan fingerprint density at radius 2 is 2.00 bits per heavy atom. The Hall–Kier alpha value is -3.19. The molecule has 0 bridgehead atoms. The van der Waals surface area contributed by atoms with Crippen molar-refractivity contribution in [3.63, 3.8) is 0 Å². The van der Waals surface area contributed by atoms with Gasteiger partial charge < -0.3 is 13.9 Å². The van der Waals surface area contributed by atoms with E-state index >= 15 is 0 Å². The average molecular weight is 436 g/mol. The van der Waals surface area contributed by atoms with Gasteiger partial charge in [-0.1, -0.05) is 39.3 Å². The van der Waals surface area contributed by atoms with Gasteiger partial charge in [0.15, 0.2) is 0 Å². The van der Waals surface area contributed by atoms with Crippen molar-refractivity contribution >= 4 is 37.8 Å². The van der Waals surface area contributed by atoms with E-state index in [1.165, 1.54) is 0 Å². The maximum absolute atomic E-state index is 12.5. The van der Waals surface area contributed by atoms with Crippen LogP contribution in [0, 0.1) is 6.92 Å². The summed E-state index contributed by atoms with van der Waals surface area (Å²) in [4.78, 5) is 19.8. The molecule has 2 aromatic carbocycles. The molecule has 0 saturated heterocycles. The maximum atomic E-state index is 12.5. The van der Waals surface area contributed by atoms with Crippen LogP contribution in [-0.2, 0) is 6.42 Å². The summed E-state index contributed by atoms with van der Waals surface area (Å²) < 4.78 is 12.1. The zero-order chi connectivity index (χ0) is 19.3. The summed E-state index contributed by atoms with van der Waals surface area (Å²) in [5.41, 5.74) is 2.69. The van der Waals surface area contributed by atoms with Crippen molar-refractivity contribution in [3.8, 4) is 11.4 Å². The Labute approximate surface area is 167 Å². The largest absolute Gasteiger partial charge is 0.461 e. The molecular weight excluding hydrogens is 422 g/mol. The van der Waals surface area contributed by atoms with Crippen molar-refractivity contribution in [1.82, 2.24) is 15.1 Å². The number of hydrogen-bond acceptors (Lipinski definition) is 5. The van der Waals surface area contributed by atoms with Crippen LogP contribution in [-0.4, -0.2) is 15.1 Å². The first kappa shape index (κ1) is 16.9. The number of pyridine rings is 1. The van der Waals surface area contributed by atoms with Gasteiger partial charge in [-0.15, -0.1) is 0 Å². The number of para-hydroxylation sites is 1. The first-order chi connectivity index (χ1) is 13.6. The Morgan fingerprint density at radius 3 is 2.89 bits per heavy atom. The Morgan fingerprint density at radius 1 is 1.14 bits per heavy atom. The molecule has 0 aliphatic rings. The number of H-pyrrole nitrogens is 1. The second kappa shape index (κ2) is 6.45. The smallest absolute Gasteiger partial charge is 0.259 e. The molecule has 0 aliphatic carbocycles. The van der Waals surface area contributed by atoms with Gasteiger partial charge in [-0.25, -0.2) is 0 Å². The molecule has 3 heterocycles. The zero-order valence-corrected chi connectivity index (χ0v) is 16.4. The molecule has 0 fully saturated rings. The molecule has 1 N–H and O–H groups in total. The van der Waals surface area contributed by atoms with E-state index in [4.69, 9.17) is 8.94 Å². The third kappa shape index (κ3) is 2.84. The van der Waals surface area contributed by atoms with Crippen LogP contribution in [0.3, 0.4) is 0 Å². The van der Waals surface area contributed by atoms with Crippen molar-refractivity contribution in [2.45, 2.75) is 13.3 Å². The van der Waals surface area contributed by atoms with Crippen LogP contribution in [0.15, 0.2) is 66.7 Å². The predicted molar refractivity (Wildman–Crippen MR) is 109 cm³/mol. The summed E-state index contributed by atoms with van der Waals surface area (Å²) >= 11 is 3.44. The molecule has 0 saturated carbocycles. The van der Waals surface area contributed by atoms with Gasteiger partial charge in [-0.2, -0.15) is 4.98 Å². The van der Waals surface area contributed by atoms with Crippen molar-refractivity contribution < 1.29 is 8.94 Å². The van der Waals surface area contributed by atoms with Crippen LogP contribution in [0.4, 0.5) is 0 Å². The highest BCUT2D eigenvalue weighted by molar-refractivity contribution is 9.10. The second-order valence-electron chi connectivity index (χ2n) is 6.57. The minimum Gasteiger partial charge on any atom is -0.461 e. The highest BCUT2D eigenvalue weighted by Gasteiger charge is 2.17. The normalized spacial score (nSPS) is 11.5. The molecule has 7 heteroatoms. The first-order valence-corrected chi connectivity index (χ1v) is 9.50. The average Bonchev–Trinajstić information content (AvgIpc) is 3.27. The summed E-state index contributed by atoms with van der Waals surface area (Å²) in [5, 5.41) is 5.92. The van der Waals surface area contributed by atoms with Crippen LogP contribution >= 0.6 is 15.9 Å². The summed E-state index contributed by atoms with van der Waals surface area (Å²) in [6.07, 6.45) is 0.437. The SMILES string of the molecule is Cc1oc2ccccc2c1Cc1nc(-c2cc3cc(Br)ccc3[nH]c2=O)no1. The molecule has 0 radical (unpaired) electrons. The third-order valence-corrected chi connectivity index (χ3v) is 5.24. The van der Waals surface area contributed by atoms with E-state index in [1.54, 1.807) is 6.07 Å². The topological polar surface area (TPSA) is 84.9 Å². The number of nitrogens with zero attached hydrogens (tertiary/aromatic N) is 2. The minimum absolute atomic E-state index is 0.257. The molecule has 0 unspecified atom stereocenters. The Kier molecular flexibility index (Phi) is 3.91. The lowest BCUT2D eigenvalue weighted by molar-refractivity contribution is 0.385. The van der Waals surface area contributed by atoms with E-state index in [-0.39, 0.29) is 11.4 Å². The number of aryl methyl sites for hydroxylation is 1. The lowest BCUT2D eigenvalue weighted by Gasteiger charge is -2.00. The highest BCUT2D eigenvalue weighted by Crippen LogP contribution is 2.28. The standard InChI is InChI=1S/C21H14BrN3O3/c1-11-15(14-4-2-3-5-18(14)27-11)10-19-24-20(25-28-19)16-9-12-8-13(22)6-7-17(12)23-21(16)26/h2-9H,10H2,1H3,(H,23,26). The lowest BCUT2D eigenvalue weighted by Crippen LogP contribution is -2.09. The molecule has 6 nitrogen and oxygen atoms in total. The van der Waals surface area contributed by atoms with E-state index in [0.29, 0.717) is 17.9 Å². The minimum atomic E-state index is -0.257. The van der Waals surface area contributed by atoms with E-state index in [0.717, 1.165) is 37.7 Å². The quantitative estimate of drug-likeness (QED) is 0.431. The van der Waals surface area contributed by atoms with Crippen molar-refractivity contribution in [3.05, 3.63) is 80.6 Å². The number of furan rings is 1. The highest BCUT2D eigenvalue weighted by atomic mass is 79.9. The van der Waals surface area contributed by atoms with Crippen molar-refractivity contribution in [2.75, 3.05) is 0 Å². The summed E-state index contributed by atoms with van der Waals surface area (Å²) in [7, 11) is 0. The van der Waals surface area contributed by atoms with Gasteiger partial charge in [0.2, 0.25) is 11.7 Å². The third-order valence-electron chi connectivity index (χ3n) is 4.74. The fourth-order valence-corrected chi connectivity index (χ4v) is 3.75. The Bertz CT molecular complexity index is 1400. The molecule has 5 aromatic rings. The summed E-state index contributed by atoms with van der Waals surface area (Å²) in [5.74, 6) is 1.51. The molecular formula is C21H14BrN3O3. The number of aromatic amines is 1. The summed E-state index contributed by atoms with van der Waals surface area (Å²) in [6, 6.07) is 15.3. The molecule has 5 rings (SSSR count). The van der Waals surface area contributed by atoms with Crippen LogP contribution in [0.2, 0.25) is 0 Å². The van der Waals surface area contributed by atoms with Crippen LogP contribution in [0.1, 0.15) is 17.2 Å². The number of aromatic nitrogens is 3. The van der Waals surface area contributed by atoms with Crippen molar-refractivity contribution in [2.24, 2.45) is 0 Å². The number of rotatable bonds is 3. The van der Waals surface area contributed by atoms with E-state index < -0.39 is 0 Å². The summed E-state index contributed by atoms with van der Waals surface area (Å²) in [6.45, 7) is 1.92. The second-order valence-corrected chi connectivity index (χ2v) is 7.48. The number of hydrogen-bond donors (Lipinski definition) is 1. The van der Waals surface area contributed by atoms with Gasteiger partial charge in [0.25, 0.3) is 5.56 Å². The molecule has 138 valence electrons.